The van der Waals surface area contributed by atoms with Crippen LogP contribution in [0.3, 0.4) is 0 Å². The van der Waals surface area contributed by atoms with Gasteiger partial charge in [-0.1, -0.05) is 24.3 Å². The van der Waals surface area contributed by atoms with E-state index >= 15 is 0 Å². The molecule has 96 valence electrons. The van der Waals surface area contributed by atoms with Crippen LogP contribution in [0.15, 0.2) is 36.4 Å². The van der Waals surface area contributed by atoms with Gasteiger partial charge in [0.2, 0.25) is 0 Å². The van der Waals surface area contributed by atoms with Gasteiger partial charge in [0.25, 0.3) is 0 Å². The van der Waals surface area contributed by atoms with Crippen molar-refractivity contribution in [3.63, 3.8) is 0 Å². The topological polar surface area (TPSA) is 21.3 Å². The molecule has 0 aliphatic heterocycles. The minimum absolute atomic E-state index is 0.685. The summed E-state index contributed by atoms with van der Waals surface area (Å²) in [5.41, 5.74) is 1.31. The van der Waals surface area contributed by atoms with E-state index in [-0.39, 0.29) is 0 Å². The fraction of sp³-hybridized carbons (Fsp3) is 0.500. The molecule has 2 heteroatoms. The van der Waals surface area contributed by atoms with Crippen LogP contribution in [0.1, 0.15) is 25.3 Å². The maximum Gasteiger partial charge on any atom is 0.119 e. The van der Waals surface area contributed by atoms with Crippen LogP contribution in [0, 0.1) is 11.8 Å². The molecule has 2 nitrogen and oxygen atoms in total. The van der Waals surface area contributed by atoms with E-state index in [4.69, 9.17) is 4.74 Å². The zero-order valence-corrected chi connectivity index (χ0v) is 10.9. The Morgan fingerprint density at radius 1 is 1.39 bits per heavy atom. The Morgan fingerprint density at radius 3 is 3.17 bits per heavy atom. The van der Waals surface area contributed by atoms with E-state index in [0.29, 0.717) is 6.04 Å². The second kappa shape index (κ2) is 5.15. The minimum atomic E-state index is 0.685. The summed E-state index contributed by atoms with van der Waals surface area (Å²) >= 11 is 0. The Bertz CT molecular complexity index is 440. The molecule has 2 aliphatic rings. The summed E-state index contributed by atoms with van der Waals surface area (Å²) in [6.07, 6.45) is 7.36. The molecule has 0 spiro atoms. The first-order valence-electron chi connectivity index (χ1n) is 6.98. The zero-order chi connectivity index (χ0) is 12.4. The number of hydrogen-bond acceptors (Lipinski definition) is 2. The second-order valence-electron chi connectivity index (χ2n) is 5.30. The normalized spacial score (nSPS) is 28.8. The van der Waals surface area contributed by atoms with Crippen molar-refractivity contribution in [2.75, 3.05) is 6.61 Å². The lowest BCUT2D eigenvalue weighted by Crippen LogP contribution is -2.47. The van der Waals surface area contributed by atoms with Gasteiger partial charge in [0.1, 0.15) is 5.75 Å². The molecule has 1 aromatic carbocycles. The van der Waals surface area contributed by atoms with Crippen molar-refractivity contribution in [2.24, 2.45) is 11.8 Å². The Kier molecular flexibility index (Phi) is 3.37. The number of ether oxygens (including phenoxy) is 1. The smallest absolute Gasteiger partial charge is 0.119 e. The average molecular weight is 243 g/mol. The third kappa shape index (κ3) is 2.30. The first kappa shape index (κ1) is 11.8. The molecule has 18 heavy (non-hydrogen) atoms. The maximum absolute atomic E-state index is 5.52. The Morgan fingerprint density at radius 2 is 2.33 bits per heavy atom. The highest BCUT2D eigenvalue weighted by atomic mass is 16.5. The predicted molar refractivity (Wildman–Crippen MR) is 73.6 cm³/mol. The third-order valence-corrected chi connectivity index (χ3v) is 4.14. The average Bonchev–Trinajstić information content (AvgIpc) is 2.72. The molecule has 0 heterocycles. The fourth-order valence-corrected chi connectivity index (χ4v) is 3.11. The molecule has 1 saturated carbocycles. The van der Waals surface area contributed by atoms with Crippen molar-refractivity contribution in [1.29, 1.82) is 0 Å². The summed E-state index contributed by atoms with van der Waals surface area (Å²) < 4.78 is 5.52. The van der Waals surface area contributed by atoms with Crippen molar-refractivity contribution in [1.82, 2.24) is 5.32 Å². The number of nitrogens with one attached hydrogen (secondary N) is 1. The van der Waals surface area contributed by atoms with Gasteiger partial charge in [-0.3, -0.25) is 0 Å². The predicted octanol–water partition coefficient (Wildman–Crippen LogP) is 3.14. The SMILES string of the molecule is CCOc1cccc(CNC2CC3CC=CC32)c1. The van der Waals surface area contributed by atoms with Gasteiger partial charge in [-0.05, 0) is 49.3 Å². The zero-order valence-electron chi connectivity index (χ0n) is 10.9. The van der Waals surface area contributed by atoms with Crippen LogP contribution in [0.4, 0.5) is 0 Å². The van der Waals surface area contributed by atoms with Gasteiger partial charge in [-0.25, -0.2) is 0 Å². The van der Waals surface area contributed by atoms with Crippen molar-refractivity contribution in [3.05, 3.63) is 42.0 Å². The molecule has 3 rings (SSSR count). The first-order valence-corrected chi connectivity index (χ1v) is 6.98. The highest BCUT2D eigenvalue weighted by molar-refractivity contribution is 5.28. The molecule has 1 aromatic rings. The van der Waals surface area contributed by atoms with Gasteiger partial charge >= 0.3 is 0 Å². The lowest BCUT2D eigenvalue weighted by atomic mass is 9.71. The van der Waals surface area contributed by atoms with Gasteiger partial charge in [0.05, 0.1) is 6.61 Å². The van der Waals surface area contributed by atoms with Crippen molar-refractivity contribution < 1.29 is 4.74 Å². The van der Waals surface area contributed by atoms with E-state index in [1.807, 2.05) is 13.0 Å². The summed E-state index contributed by atoms with van der Waals surface area (Å²) in [7, 11) is 0. The van der Waals surface area contributed by atoms with Crippen LogP contribution in [0.25, 0.3) is 0 Å². The third-order valence-electron chi connectivity index (χ3n) is 4.14. The van der Waals surface area contributed by atoms with Gasteiger partial charge < -0.3 is 10.1 Å². The van der Waals surface area contributed by atoms with E-state index in [1.54, 1.807) is 0 Å². The van der Waals surface area contributed by atoms with E-state index < -0.39 is 0 Å². The Hall–Kier alpha value is -1.28. The van der Waals surface area contributed by atoms with Gasteiger partial charge in [0.15, 0.2) is 0 Å². The summed E-state index contributed by atoms with van der Waals surface area (Å²) in [6, 6.07) is 9.07. The number of rotatable bonds is 5. The standard InChI is InChI=1S/C16H21NO/c1-2-18-14-7-3-5-12(9-14)11-17-16-10-13-6-4-8-15(13)16/h3-5,7-9,13,15-17H,2,6,10-11H2,1H3. The van der Waals surface area contributed by atoms with Gasteiger partial charge in [0, 0.05) is 12.6 Å². The summed E-state index contributed by atoms with van der Waals surface area (Å²) in [5.74, 6) is 2.70. The van der Waals surface area contributed by atoms with E-state index in [0.717, 1.165) is 30.7 Å². The van der Waals surface area contributed by atoms with Gasteiger partial charge in [-0.2, -0.15) is 0 Å². The maximum atomic E-state index is 5.52. The monoisotopic (exact) mass is 243 g/mol. The molecule has 0 radical (unpaired) electrons. The molecule has 0 bridgehead atoms. The Labute approximate surface area is 109 Å². The molecule has 3 atom stereocenters. The molecule has 3 unspecified atom stereocenters. The number of allylic oxidation sites excluding steroid dienone is 1. The van der Waals surface area contributed by atoms with Crippen LogP contribution in [0.5, 0.6) is 5.75 Å². The van der Waals surface area contributed by atoms with Gasteiger partial charge in [-0.15, -0.1) is 0 Å². The molecule has 0 amide bonds. The highest BCUT2D eigenvalue weighted by Gasteiger charge is 2.40. The summed E-state index contributed by atoms with van der Waals surface area (Å²) in [5, 5.41) is 3.67. The van der Waals surface area contributed by atoms with Crippen LogP contribution < -0.4 is 10.1 Å². The van der Waals surface area contributed by atoms with E-state index in [1.165, 1.54) is 18.4 Å². The molecule has 1 N–H and O–H groups in total. The van der Waals surface area contributed by atoms with Crippen LogP contribution in [0.2, 0.25) is 0 Å². The molecular formula is C16H21NO. The van der Waals surface area contributed by atoms with Crippen LogP contribution >= 0.6 is 0 Å². The van der Waals surface area contributed by atoms with Crippen molar-refractivity contribution >= 4 is 0 Å². The number of hydrogen-bond donors (Lipinski definition) is 1. The fourth-order valence-electron chi connectivity index (χ4n) is 3.11. The lowest BCUT2D eigenvalue weighted by molar-refractivity contribution is 0.162. The van der Waals surface area contributed by atoms with E-state index in [2.05, 4.69) is 35.7 Å². The first-order chi connectivity index (χ1) is 8.86. The second-order valence-corrected chi connectivity index (χ2v) is 5.30. The van der Waals surface area contributed by atoms with Crippen LogP contribution in [-0.4, -0.2) is 12.6 Å². The quantitative estimate of drug-likeness (QED) is 0.802. The molecule has 1 fully saturated rings. The highest BCUT2D eigenvalue weighted by Crippen LogP contribution is 2.42. The largest absolute Gasteiger partial charge is 0.494 e. The summed E-state index contributed by atoms with van der Waals surface area (Å²) in [6.45, 7) is 3.70. The summed E-state index contributed by atoms with van der Waals surface area (Å²) in [4.78, 5) is 0. The lowest BCUT2D eigenvalue weighted by Gasteiger charge is -2.40. The molecular weight excluding hydrogens is 222 g/mol. The number of benzene rings is 1. The number of fused-ring (bicyclic) bond motifs is 1. The Balaban J connectivity index is 1.53. The molecule has 0 aromatic heterocycles. The van der Waals surface area contributed by atoms with Crippen molar-refractivity contribution in [2.45, 2.75) is 32.4 Å². The van der Waals surface area contributed by atoms with Crippen LogP contribution in [-0.2, 0) is 6.54 Å². The van der Waals surface area contributed by atoms with Crippen molar-refractivity contribution in [3.8, 4) is 5.75 Å². The minimum Gasteiger partial charge on any atom is -0.494 e. The molecule has 2 aliphatic carbocycles. The molecule has 0 saturated heterocycles. The van der Waals surface area contributed by atoms with E-state index in [9.17, 15) is 0 Å².